The van der Waals surface area contributed by atoms with Crippen molar-refractivity contribution in [3.8, 4) is 0 Å². The second kappa shape index (κ2) is 4.17. The Balaban J connectivity index is 2.94. The minimum absolute atomic E-state index is 0.0561. The van der Waals surface area contributed by atoms with Crippen LogP contribution in [0.4, 0.5) is 13.2 Å². The molecule has 0 bridgehead atoms. The fourth-order valence-corrected chi connectivity index (χ4v) is 1.85. The molecule has 1 nitrogen and oxygen atoms in total. The molecule has 1 heterocycles. The van der Waals surface area contributed by atoms with Crippen molar-refractivity contribution in [3.05, 3.63) is 29.6 Å². The van der Waals surface area contributed by atoms with Crippen molar-refractivity contribution in [2.24, 2.45) is 0 Å². The summed E-state index contributed by atoms with van der Waals surface area (Å²) in [5.74, 6) is 0. The van der Waals surface area contributed by atoms with E-state index in [0.29, 0.717) is 0 Å². The molecule has 0 aliphatic carbocycles. The highest BCUT2D eigenvalue weighted by molar-refractivity contribution is 14.2. The topological polar surface area (TPSA) is 12.9 Å². The van der Waals surface area contributed by atoms with Crippen LogP contribution in [-0.2, 0) is 6.18 Å². The van der Waals surface area contributed by atoms with E-state index in [4.69, 9.17) is 0 Å². The molecule has 1 aromatic heterocycles. The Hall–Kier alpha value is -0.460. The Labute approximate surface area is 83.7 Å². The molecule has 0 amide bonds. The van der Waals surface area contributed by atoms with E-state index in [1.807, 2.05) is 8.94 Å². The van der Waals surface area contributed by atoms with Crippen molar-refractivity contribution < 1.29 is 13.2 Å². The molecular formula is C8H7F3IN. The molecule has 0 saturated heterocycles. The molecule has 1 rings (SSSR count). The molecule has 0 saturated carbocycles. The molecule has 72 valence electrons. The van der Waals surface area contributed by atoms with Crippen LogP contribution < -0.4 is 0 Å². The van der Waals surface area contributed by atoms with Crippen LogP contribution in [0.15, 0.2) is 18.3 Å². The second-order valence-electron chi connectivity index (χ2n) is 2.30. The van der Waals surface area contributed by atoms with E-state index in [2.05, 4.69) is 4.98 Å². The lowest BCUT2D eigenvalue weighted by molar-refractivity contribution is -0.141. The van der Waals surface area contributed by atoms with Gasteiger partial charge in [0, 0.05) is 6.20 Å². The number of pyridine rings is 1. The Kier molecular flexibility index (Phi) is 3.40. The Morgan fingerprint density at radius 3 is 2.46 bits per heavy atom. The van der Waals surface area contributed by atoms with Gasteiger partial charge in [-0.2, -0.15) is 13.2 Å². The summed E-state index contributed by atoms with van der Waals surface area (Å²) in [7, 11) is 0. The highest BCUT2D eigenvalue weighted by atomic mass is 127. The average Bonchev–Trinajstić information content (AvgIpc) is 2.04. The van der Waals surface area contributed by atoms with Gasteiger partial charge < -0.3 is 0 Å². The molecule has 13 heavy (non-hydrogen) atoms. The number of alkyl halides is 4. The summed E-state index contributed by atoms with van der Waals surface area (Å²) < 4.78 is 38.0. The van der Waals surface area contributed by atoms with Crippen LogP contribution in [0, 0.1) is 0 Å². The number of hydrogen-bond acceptors (Lipinski definition) is 1. The third kappa shape index (κ3) is 3.06. The van der Waals surface area contributed by atoms with Gasteiger partial charge in [0.2, 0.25) is 0 Å². The maximum Gasteiger partial charge on any atom is 0.433 e. The van der Waals surface area contributed by atoms with Gasteiger partial charge in [0.25, 0.3) is 0 Å². The lowest BCUT2D eigenvalue weighted by atomic mass is 10.3. The molecule has 0 fully saturated rings. The summed E-state index contributed by atoms with van der Waals surface area (Å²) in [6, 6.07) is 2.45. The van der Waals surface area contributed by atoms with Crippen molar-refractivity contribution in [1.82, 2.24) is 4.98 Å². The fraction of sp³-hybridized carbons (Fsp3) is 0.250. The van der Waals surface area contributed by atoms with E-state index >= 15 is 0 Å². The number of hydrogen-bond donors (Lipinski definition) is 0. The van der Waals surface area contributed by atoms with Crippen molar-refractivity contribution in [3.63, 3.8) is 0 Å². The van der Waals surface area contributed by atoms with Crippen LogP contribution in [0.5, 0.6) is 0 Å². The fourth-order valence-electron chi connectivity index (χ4n) is 0.764. The minimum Gasteiger partial charge on any atom is -0.251 e. The molecule has 0 atom stereocenters. The van der Waals surface area contributed by atoms with Crippen LogP contribution >= 0.6 is 20.7 Å². The van der Waals surface area contributed by atoms with Gasteiger partial charge in [-0.15, -0.1) is 20.7 Å². The largest absolute Gasteiger partial charge is 0.433 e. The Bertz CT molecular complexity index is 302. The summed E-state index contributed by atoms with van der Waals surface area (Å²) in [5.41, 5.74) is -0.0674. The minimum atomic E-state index is -4.33. The van der Waals surface area contributed by atoms with Crippen LogP contribution in [0.3, 0.4) is 0 Å². The normalized spacial score (nSPS) is 12.9. The zero-order valence-electron chi connectivity index (χ0n) is 6.77. The zero-order chi connectivity index (χ0) is 9.90. The van der Waals surface area contributed by atoms with E-state index in [-0.39, 0.29) is 20.7 Å². The van der Waals surface area contributed by atoms with Gasteiger partial charge in [-0.25, -0.2) is 0 Å². The zero-order valence-corrected chi connectivity index (χ0v) is 8.93. The predicted octanol–water partition coefficient (Wildman–Crippen LogP) is 2.85. The van der Waals surface area contributed by atoms with Crippen LogP contribution in [0.1, 0.15) is 11.3 Å². The van der Waals surface area contributed by atoms with Crippen LogP contribution in [0.2, 0.25) is 0 Å². The summed E-state index contributed by atoms with van der Waals surface area (Å²) in [5, 5.41) is 0. The number of rotatable bonds is 1. The quantitative estimate of drug-likeness (QED) is 0.574. The first kappa shape index (κ1) is 10.6. The molecule has 0 aliphatic rings. The lowest BCUT2D eigenvalue weighted by Crippen LogP contribution is -2.07. The molecule has 0 spiro atoms. The maximum absolute atomic E-state index is 12.0. The summed E-state index contributed by atoms with van der Waals surface area (Å²) in [6.07, 6.45) is -3.08. The number of aromatic nitrogens is 1. The SMILES string of the molecule is CI=Cc1ccc(C(F)(F)F)nc1. The van der Waals surface area contributed by atoms with E-state index in [0.717, 1.165) is 11.6 Å². The number of halogens is 4. The summed E-state index contributed by atoms with van der Waals surface area (Å²) >= 11 is -0.0561. The monoisotopic (exact) mass is 301 g/mol. The molecule has 0 aliphatic heterocycles. The average molecular weight is 301 g/mol. The standard InChI is InChI=1S/C8H7F3IN/c1-12-4-6-2-3-7(13-5-6)8(9,10)11/h2-5H,1H3. The van der Waals surface area contributed by atoms with Crippen LogP contribution in [-0.4, -0.2) is 13.9 Å². The molecule has 0 radical (unpaired) electrons. The van der Waals surface area contributed by atoms with Crippen molar-refractivity contribution in [2.75, 3.05) is 4.93 Å². The molecule has 0 unspecified atom stereocenters. The highest BCUT2D eigenvalue weighted by Gasteiger charge is 2.31. The second-order valence-corrected chi connectivity index (χ2v) is 4.17. The third-order valence-corrected chi connectivity index (χ3v) is 2.65. The predicted molar refractivity (Wildman–Crippen MR) is 54.3 cm³/mol. The van der Waals surface area contributed by atoms with Crippen LogP contribution in [0.25, 0.3) is 0 Å². The van der Waals surface area contributed by atoms with Gasteiger partial charge in [-0.1, -0.05) is 6.07 Å². The smallest absolute Gasteiger partial charge is 0.251 e. The van der Waals surface area contributed by atoms with Gasteiger partial charge in [0.1, 0.15) is 5.69 Å². The summed E-state index contributed by atoms with van der Waals surface area (Å²) in [4.78, 5) is 5.35. The molecule has 0 aromatic carbocycles. The van der Waals surface area contributed by atoms with Gasteiger partial charge in [0.05, 0.1) is 0 Å². The molecule has 1 aromatic rings. The van der Waals surface area contributed by atoms with E-state index in [9.17, 15) is 13.2 Å². The Morgan fingerprint density at radius 2 is 2.08 bits per heavy atom. The van der Waals surface area contributed by atoms with E-state index in [1.165, 1.54) is 12.3 Å². The third-order valence-electron chi connectivity index (χ3n) is 1.31. The Morgan fingerprint density at radius 1 is 1.38 bits per heavy atom. The lowest BCUT2D eigenvalue weighted by Gasteiger charge is -2.04. The van der Waals surface area contributed by atoms with Crippen molar-refractivity contribution in [1.29, 1.82) is 0 Å². The molecule has 5 heteroatoms. The van der Waals surface area contributed by atoms with E-state index < -0.39 is 11.9 Å². The number of nitrogens with zero attached hydrogens (tertiary/aromatic N) is 1. The van der Waals surface area contributed by atoms with Gasteiger partial charge in [-0.3, -0.25) is 4.98 Å². The maximum atomic E-state index is 12.0. The van der Waals surface area contributed by atoms with Gasteiger partial charge in [0.15, 0.2) is 0 Å². The molecular weight excluding hydrogens is 294 g/mol. The summed E-state index contributed by atoms with van der Waals surface area (Å²) in [6.45, 7) is 0. The van der Waals surface area contributed by atoms with Crippen molar-refractivity contribution in [2.45, 2.75) is 6.18 Å². The van der Waals surface area contributed by atoms with E-state index in [1.54, 1.807) is 0 Å². The first-order valence-corrected chi connectivity index (χ1v) is 6.79. The van der Waals surface area contributed by atoms with Gasteiger partial charge >= 0.3 is 6.18 Å². The van der Waals surface area contributed by atoms with Crippen molar-refractivity contribution >= 4 is 24.7 Å². The molecule has 0 N–H and O–H groups in total. The van der Waals surface area contributed by atoms with Gasteiger partial charge in [-0.05, 0) is 20.6 Å². The first-order valence-electron chi connectivity index (χ1n) is 3.38. The first-order chi connectivity index (χ1) is 6.04. The highest BCUT2D eigenvalue weighted by Crippen LogP contribution is 2.26.